The zero-order chi connectivity index (χ0) is 16.1. The lowest BCUT2D eigenvalue weighted by Crippen LogP contribution is -2.53. The first-order valence-corrected chi connectivity index (χ1v) is 6.80. The number of rotatable bonds is 4. The van der Waals surface area contributed by atoms with Crippen molar-refractivity contribution in [2.75, 3.05) is 11.9 Å². The topological polar surface area (TPSA) is 128 Å². The minimum atomic E-state index is -1.42. The molecule has 1 aromatic carbocycles. The molecule has 22 heavy (non-hydrogen) atoms. The molecular weight excluding hydrogens is 290 g/mol. The summed E-state index contributed by atoms with van der Waals surface area (Å²) in [5, 5.41) is 24.7. The van der Waals surface area contributed by atoms with E-state index in [0.717, 1.165) is 5.56 Å². The van der Waals surface area contributed by atoms with E-state index in [1.165, 1.54) is 0 Å². The second-order valence-corrected chi connectivity index (χ2v) is 4.93. The highest BCUT2D eigenvalue weighted by atomic mass is 16.4. The summed E-state index contributed by atoms with van der Waals surface area (Å²) in [6.45, 7) is -0.688. The van der Waals surface area contributed by atoms with Crippen molar-refractivity contribution in [2.45, 2.75) is 24.9 Å². The van der Waals surface area contributed by atoms with Gasteiger partial charge in [-0.25, -0.2) is 4.79 Å². The quantitative estimate of drug-likeness (QED) is 0.521. The lowest BCUT2D eigenvalue weighted by molar-refractivity contribution is -0.128. The normalized spacial score (nSPS) is 18.4. The number of carbonyl (C=O) groups is 3. The van der Waals surface area contributed by atoms with E-state index in [1.807, 2.05) is 17.4 Å². The summed E-state index contributed by atoms with van der Waals surface area (Å²) >= 11 is 0. The number of fused-ring (bicyclic) bond motifs is 1. The Morgan fingerprint density at radius 3 is 2.77 bits per heavy atom. The van der Waals surface area contributed by atoms with Crippen molar-refractivity contribution in [3.05, 3.63) is 29.8 Å². The van der Waals surface area contributed by atoms with Crippen LogP contribution in [-0.2, 0) is 16.0 Å². The number of aryl methyl sites for hydroxylation is 1. The van der Waals surface area contributed by atoms with E-state index < -0.39 is 30.7 Å². The standard InChI is InChI=1S/C14H17N3O5/c18-7-11(17-14(21)22)13(20)16-10-6-5-8-3-1-2-4-9(8)15-12(10)19/h1-4,10-11,17-18H,5-7H2,(H,15,19)(H,16,20)(H,21,22)/t10-,11-/m0/s1. The number of anilines is 1. The molecule has 1 aliphatic heterocycles. The predicted octanol–water partition coefficient (Wildman–Crippen LogP) is -0.315. The summed E-state index contributed by atoms with van der Waals surface area (Å²) in [6, 6.07) is 5.24. The second kappa shape index (κ2) is 6.90. The van der Waals surface area contributed by atoms with Crippen molar-refractivity contribution in [1.82, 2.24) is 10.6 Å². The molecule has 118 valence electrons. The van der Waals surface area contributed by atoms with Gasteiger partial charge >= 0.3 is 6.09 Å². The van der Waals surface area contributed by atoms with Crippen LogP contribution < -0.4 is 16.0 Å². The van der Waals surface area contributed by atoms with Crippen LogP contribution in [0.5, 0.6) is 0 Å². The summed E-state index contributed by atoms with van der Waals surface area (Å²) < 4.78 is 0. The number of benzene rings is 1. The van der Waals surface area contributed by atoms with Crippen LogP contribution in [-0.4, -0.2) is 46.8 Å². The molecule has 2 rings (SSSR count). The molecule has 0 unspecified atom stereocenters. The van der Waals surface area contributed by atoms with E-state index in [1.54, 1.807) is 12.1 Å². The maximum atomic E-state index is 12.1. The Morgan fingerprint density at radius 1 is 1.36 bits per heavy atom. The Bertz CT molecular complexity index is 590. The Labute approximate surface area is 126 Å². The molecule has 8 nitrogen and oxygen atoms in total. The van der Waals surface area contributed by atoms with E-state index >= 15 is 0 Å². The Hall–Kier alpha value is -2.61. The lowest BCUT2D eigenvalue weighted by atomic mass is 10.1. The highest BCUT2D eigenvalue weighted by Gasteiger charge is 2.28. The molecule has 0 radical (unpaired) electrons. The zero-order valence-corrected chi connectivity index (χ0v) is 11.7. The van der Waals surface area contributed by atoms with E-state index in [-0.39, 0.29) is 5.91 Å². The third-order valence-electron chi connectivity index (χ3n) is 3.41. The van der Waals surface area contributed by atoms with Crippen molar-refractivity contribution >= 4 is 23.6 Å². The minimum Gasteiger partial charge on any atom is -0.465 e. The van der Waals surface area contributed by atoms with Gasteiger partial charge < -0.3 is 26.2 Å². The molecule has 0 aromatic heterocycles. The average molecular weight is 307 g/mol. The molecule has 0 saturated carbocycles. The summed E-state index contributed by atoms with van der Waals surface area (Å²) in [5.41, 5.74) is 1.67. The molecule has 8 heteroatoms. The van der Waals surface area contributed by atoms with Crippen LogP contribution in [0.4, 0.5) is 10.5 Å². The molecule has 5 N–H and O–H groups in total. The van der Waals surface area contributed by atoms with Gasteiger partial charge in [0, 0.05) is 5.69 Å². The number of para-hydroxylation sites is 1. The van der Waals surface area contributed by atoms with Crippen molar-refractivity contribution < 1.29 is 24.6 Å². The fraction of sp³-hybridized carbons (Fsp3) is 0.357. The first-order valence-electron chi connectivity index (χ1n) is 6.80. The van der Waals surface area contributed by atoms with Crippen LogP contribution >= 0.6 is 0 Å². The maximum Gasteiger partial charge on any atom is 0.405 e. The predicted molar refractivity (Wildman–Crippen MR) is 77.4 cm³/mol. The van der Waals surface area contributed by atoms with Gasteiger partial charge in [0.15, 0.2) is 0 Å². The SMILES string of the molecule is O=C(O)N[C@@H](CO)C(=O)N[C@H]1CCc2ccccc2NC1=O. The summed E-state index contributed by atoms with van der Waals surface area (Å²) in [6.07, 6.45) is -0.442. The first kappa shape index (κ1) is 15.8. The van der Waals surface area contributed by atoms with Crippen LogP contribution in [0, 0.1) is 0 Å². The van der Waals surface area contributed by atoms with Gasteiger partial charge in [-0.15, -0.1) is 0 Å². The average Bonchev–Trinajstić information content (AvgIpc) is 2.64. The van der Waals surface area contributed by atoms with Crippen molar-refractivity contribution in [3.63, 3.8) is 0 Å². The number of aliphatic hydroxyl groups is 1. The van der Waals surface area contributed by atoms with Crippen LogP contribution in [0.1, 0.15) is 12.0 Å². The number of nitrogens with one attached hydrogen (secondary N) is 3. The van der Waals surface area contributed by atoms with Gasteiger partial charge in [0.25, 0.3) is 0 Å². The summed E-state index contributed by atoms with van der Waals surface area (Å²) in [5.74, 6) is -1.11. The van der Waals surface area contributed by atoms with E-state index in [9.17, 15) is 14.4 Å². The van der Waals surface area contributed by atoms with Gasteiger partial charge in [-0.3, -0.25) is 9.59 Å². The van der Waals surface area contributed by atoms with E-state index in [4.69, 9.17) is 10.2 Å². The molecular formula is C14H17N3O5. The van der Waals surface area contributed by atoms with Gasteiger partial charge in [-0.1, -0.05) is 18.2 Å². The van der Waals surface area contributed by atoms with Gasteiger partial charge in [-0.05, 0) is 24.5 Å². The fourth-order valence-electron chi connectivity index (χ4n) is 2.26. The Balaban J connectivity index is 2.03. The van der Waals surface area contributed by atoms with Gasteiger partial charge in [0.2, 0.25) is 11.8 Å². The van der Waals surface area contributed by atoms with Crippen LogP contribution in [0.2, 0.25) is 0 Å². The van der Waals surface area contributed by atoms with Crippen molar-refractivity contribution in [1.29, 1.82) is 0 Å². The third-order valence-corrected chi connectivity index (χ3v) is 3.41. The molecule has 1 aromatic rings. The molecule has 0 aliphatic carbocycles. The highest BCUT2D eigenvalue weighted by Crippen LogP contribution is 2.21. The fourth-order valence-corrected chi connectivity index (χ4v) is 2.26. The molecule has 1 heterocycles. The third kappa shape index (κ3) is 3.73. The minimum absolute atomic E-state index is 0.370. The van der Waals surface area contributed by atoms with Crippen LogP contribution in [0.3, 0.4) is 0 Å². The zero-order valence-electron chi connectivity index (χ0n) is 11.7. The number of hydrogen-bond acceptors (Lipinski definition) is 4. The molecule has 0 saturated heterocycles. The van der Waals surface area contributed by atoms with Crippen LogP contribution in [0.25, 0.3) is 0 Å². The largest absolute Gasteiger partial charge is 0.465 e. The van der Waals surface area contributed by atoms with Crippen LogP contribution in [0.15, 0.2) is 24.3 Å². The van der Waals surface area contributed by atoms with Gasteiger partial charge in [-0.2, -0.15) is 0 Å². The number of hydrogen-bond donors (Lipinski definition) is 5. The number of amides is 3. The number of carboxylic acid groups (broad SMARTS) is 1. The Kier molecular flexibility index (Phi) is 4.95. The molecule has 0 fully saturated rings. The van der Waals surface area contributed by atoms with Gasteiger partial charge in [0.05, 0.1) is 6.61 Å². The molecule has 0 spiro atoms. The van der Waals surface area contributed by atoms with Gasteiger partial charge in [0.1, 0.15) is 12.1 Å². The van der Waals surface area contributed by atoms with Crippen molar-refractivity contribution in [3.8, 4) is 0 Å². The molecule has 0 bridgehead atoms. The second-order valence-electron chi connectivity index (χ2n) is 4.93. The van der Waals surface area contributed by atoms with E-state index in [2.05, 4.69) is 10.6 Å². The summed E-state index contributed by atoms with van der Waals surface area (Å²) in [7, 11) is 0. The van der Waals surface area contributed by atoms with Crippen molar-refractivity contribution in [2.24, 2.45) is 0 Å². The smallest absolute Gasteiger partial charge is 0.405 e. The maximum absolute atomic E-state index is 12.1. The molecule has 2 atom stereocenters. The molecule has 3 amide bonds. The lowest BCUT2D eigenvalue weighted by Gasteiger charge is -2.19. The number of carbonyl (C=O) groups excluding carboxylic acids is 2. The first-order chi connectivity index (χ1) is 10.5. The summed E-state index contributed by atoms with van der Waals surface area (Å²) in [4.78, 5) is 34.6. The highest BCUT2D eigenvalue weighted by molar-refractivity contribution is 5.99. The number of aliphatic hydroxyl groups excluding tert-OH is 1. The Morgan fingerprint density at radius 2 is 2.09 bits per heavy atom. The van der Waals surface area contributed by atoms with E-state index in [0.29, 0.717) is 18.5 Å². The molecule has 1 aliphatic rings. The monoisotopic (exact) mass is 307 g/mol.